The average molecular weight is 298 g/mol. The average Bonchev–Trinajstić information content (AvgIpc) is 2.98. The Hall–Kier alpha value is -2.01. The van der Waals surface area contributed by atoms with Crippen LogP contribution < -0.4 is 0 Å². The van der Waals surface area contributed by atoms with Crippen LogP contribution in [0, 0.1) is 0 Å². The van der Waals surface area contributed by atoms with Gasteiger partial charge in [0.25, 0.3) is 0 Å². The first kappa shape index (κ1) is 13.6. The van der Waals surface area contributed by atoms with Gasteiger partial charge in [0.2, 0.25) is 0 Å². The van der Waals surface area contributed by atoms with Crippen LogP contribution in [0.2, 0.25) is 0 Å². The number of hydrogen-bond donors (Lipinski definition) is 0. The van der Waals surface area contributed by atoms with Crippen LogP contribution in [-0.4, -0.2) is 64.6 Å². The van der Waals surface area contributed by atoms with Crippen molar-refractivity contribution >= 4 is 16.9 Å². The molecule has 2 amide bonds. The van der Waals surface area contributed by atoms with Crippen molar-refractivity contribution in [1.29, 1.82) is 0 Å². The molecule has 0 spiro atoms. The van der Waals surface area contributed by atoms with E-state index >= 15 is 0 Å². The van der Waals surface area contributed by atoms with Crippen molar-refractivity contribution in [3.05, 3.63) is 36.0 Å². The van der Waals surface area contributed by atoms with Crippen molar-refractivity contribution in [2.24, 2.45) is 7.05 Å². The van der Waals surface area contributed by atoms with Gasteiger partial charge in [-0.15, -0.1) is 0 Å². The highest BCUT2D eigenvalue weighted by Crippen LogP contribution is 2.24. The molecule has 2 aliphatic rings. The van der Waals surface area contributed by atoms with Crippen molar-refractivity contribution < 1.29 is 4.79 Å². The zero-order chi connectivity index (χ0) is 15.3. The number of amides is 2. The molecule has 5 nitrogen and oxygen atoms in total. The van der Waals surface area contributed by atoms with Crippen molar-refractivity contribution in [3.63, 3.8) is 0 Å². The number of para-hydroxylation sites is 1. The maximum absolute atomic E-state index is 12.0. The second-order valence-electron chi connectivity index (χ2n) is 6.53. The number of nitrogens with zero attached hydrogens (tertiary/aromatic N) is 4. The zero-order valence-electron chi connectivity index (χ0n) is 13.2. The van der Waals surface area contributed by atoms with Gasteiger partial charge in [-0.1, -0.05) is 18.2 Å². The number of aryl methyl sites for hydroxylation is 1. The second-order valence-corrected chi connectivity index (χ2v) is 6.53. The fraction of sp³-hybridized carbons (Fsp3) is 0.471. The third-order valence-electron chi connectivity index (χ3n) is 5.00. The minimum absolute atomic E-state index is 0.190. The van der Waals surface area contributed by atoms with Crippen molar-refractivity contribution in [3.8, 4) is 0 Å². The van der Waals surface area contributed by atoms with Gasteiger partial charge in [-0.25, -0.2) is 4.79 Å². The summed E-state index contributed by atoms with van der Waals surface area (Å²) in [6.07, 6.45) is 2.24. The van der Waals surface area contributed by atoms with Gasteiger partial charge in [0, 0.05) is 63.9 Å². The summed E-state index contributed by atoms with van der Waals surface area (Å²) in [6, 6.07) is 9.10. The number of hydrogen-bond acceptors (Lipinski definition) is 2. The lowest BCUT2D eigenvalue weighted by Gasteiger charge is -2.36. The summed E-state index contributed by atoms with van der Waals surface area (Å²) in [5.74, 6) is 0. The molecule has 1 aromatic carbocycles. The van der Waals surface area contributed by atoms with E-state index in [1.54, 1.807) is 0 Å². The Morgan fingerprint density at radius 2 is 1.95 bits per heavy atom. The zero-order valence-corrected chi connectivity index (χ0v) is 13.2. The van der Waals surface area contributed by atoms with Crippen molar-refractivity contribution in [2.75, 3.05) is 33.2 Å². The third-order valence-corrected chi connectivity index (χ3v) is 5.00. The van der Waals surface area contributed by atoms with E-state index in [1.165, 1.54) is 16.5 Å². The summed E-state index contributed by atoms with van der Waals surface area (Å²) in [6.45, 7) is 4.59. The molecule has 1 atom stereocenters. The second kappa shape index (κ2) is 5.02. The standard InChI is InChI=1S/C17H22N4O/c1-18-9-13(15-5-3-4-6-16(15)18)10-20-7-8-21-14(12-20)11-19(2)17(21)22/h3-6,9,14H,7-8,10-12H2,1-2H3/t14-/m0/s1. The summed E-state index contributed by atoms with van der Waals surface area (Å²) in [5, 5.41) is 1.34. The Morgan fingerprint density at radius 1 is 1.14 bits per heavy atom. The van der Waals surface area contributed by atoms with Gasteiger partial charge in [0.15, 0.2) is 0 Å². The van der Waals surface area contributed by atoms with Gasteiger partial charge in [-0.05, 0) is 11.6 Å². The van der Waals surface area contributed by atoms with Crippen LogP contribution in [0.25, 0.3) is 10.9 Å². The Morgan fingerprint density at radius 3 is 2.82 bits per heavy atom. The molecule has 0 saturated carbocycles. The largest absolute Gasteiger partial charge is 0.350 e. The van der Waals surface area contributed by atoms with Crippen LogP contribution in [0.4, 0.5) is 4.79 Å². The van der Waals surface area contributed by atoms with Gasteiger partial charge in [0.05, 0.1) is 6.04 Å². The van der Waals surface area contributed by atoms with Crippen LogP contribution in [0.3, 0.4) is 0 Å². The molecule has 0 unspecified atom stereocenters. The predicted molar refractivity (Wildman–Crippen MR) is 86.7 cm³/mol. The van der Waals surface area contributed by atoms with E-state index in [2.05, 4.69) is 47.0 Å². The van der Waals surface area contributed by atoms with E-state index in [1.807, 2.05) is 16.8 Å². The summed E-state index contributed by atoms with van der Waals surface area (Å²) >= 11 is 0. The minimum atomic E-state index is 0.190. The molecule has 1 aromatic heterocycles. The number of fused-ring (bicyclic) bond motifs is 2. The number of aromatic nitrogens is 1. The van der Waals surface area contributed by atoms with Gasteiger partial charge in [-0.2, -0.15) is 0 Å². The van der Waals surface area contributed by atoms with Crippen LogP contribution in [-0.2, 0) is 13.6 Å². The van der Waals surface area contributed by atoms with Gasteiger partial charge >= 0.3 is 6.03 Å². The summed E-state index contributed by atoms with van der Waals surface area (Å²) < 4.78 is 2.20. The Bertz CT molecular complexity index is 723. The van der Waals surface area contributed by atoms with E-state index < -0.39 is 0 Å². The lowest BCUT2D eigenvalue weighted by molar-refractivity contribution is 0.116. The minimum Gasteiger partial charge on any atom is -0.350 e. The molecule has 0 bridgehead atoms. The van der Waals surface area contributed by atoms with E-state index in [9.17, 15) is 4.79 Å². The van der Waals surface area contributed by atoms with Gasteiger partial charge in [-0.3, -0.25) is 4.90 Å². The molecule has 2 aromatic rings. The molecular weight excluding hydrogens is 276 g/mol. The van der Waals surface area contributed by atoms with Crippen LogP contribution in [0.5, 0.6) is 0 Å². The highest BCUT2D eigenvalue weighted by atomic mass is 16.2. The van der Waals surface area contributed by atoms with E-state index in [0.29, 0.717) is 6.04 Å². The number of urea groups is 1. The Kier molecular flexibility index (Phi) is 3.11. The number of carbonyl (C=O) groups excluding carboxylic acids is 1. The number of likely N-dealkylation sites (N-methyl/N-ethyl adjacent to an activating group) is 1. The van der Waals surface area contributed by atoms with E-state index in [-0.39, 0.29) is 6.03 Å². The summed E-state index contributed by atoms with van der Waals surface area (Å²) in [4.78, 5) is 18.4. The number of piperazine rings is 1. The summed E-state index contributed by atoms with van der Waals surface area (Å²) in [7, 11) is 4.00. The molecule has 4 rings (SSSR count). The first-order valence-electron chi connectivity index (χ1n) is 7.90. The van der Waals surface area contributed by atoms with Crippen LogP contribution in [0.15, 0.2) is 30.5 Å². The summed E-state index contributed by atoms with van der Waals surface area (Å²) in [5.41, 5.74) is 2.66. The lowest BCUT2D eigenvalue weighted by Crippen LogP contribution is -2.51. The monoisotopic (exact) mass is 298 g/mol. The quantitative estimate of drug-likeness (QED) is 0.845. The molecule has 22 heavy (non-hydrogen) atoms. The third kappa shape index (κ3) is 2.08. The molecule has 5 heteroatoms. The van der Waals surface area contributed by atoms with E-state index in [0.717, 1.165) is 32.7 Å². The van der Waals surface area contributed by atoms with Gasteiger partial charge in [0.1, 0.15) is 0 Å². The first-order chi connectivity index (χ1) is 10.6. The highest BCUT2D eigenvalue weighted by molar-refractivity contribution is 5.83. The van der Waals surface area contributed by atoms with Crippen molar-refractivity contribution in [2.45, 2.75) is 12.6 Å². The Balaban J connectivity index is 1.53. The number of carbonyl (C=O) groups is 1. The molecule has 0 aliphatic carbocycles. The molecule has 0 radical (unpaired) electrons. The maximum Gasteiger partial charge on any atom is 0.320 e. The molecule has 2 aliphatic heterocycles. The number of benzene rings is 1. The molecule has 3 heterocycles. The fourth-order valence-corrected chi connectivity index (χ4v) is 3.88. The Labute approximate surface area is 130 Å². The SMILES string of the molecule is CN1C[C@H]2CN(Cc3cn(C)c4ccccc34)CCN2C1=O. The number of rotatable bonds is 2. The van der Waals surface area contributed by atoms with Gasteiger partial charge < -0.3 is 14.4 Å². The normalized spacial score (nSPS) is 22.6. The van der Waals surface area contributed by atoms with Crippen molar-refractivity contribution in [1.82, 2.24) is 19.3 Å². The highest BCUT2D eigenvalue weighted by Gasteiger charge is 2.38. The smallest absolute Gasteiger partial charge is 0.320 e. The molecule has 0 N–H and O–H groups in total. The molecule has 116 valence electrons. The molecule has 2 saturated heterocycles. The predicted octanol–water partition coefficient (Wildman–Crippen LogP) is 1.73. The van der Waals surface area contributed by atoms with E-state index in [4.69, 9.17) is 0 Å². The topological polar surface area (TPSA) is 31.7 Å². The van der Waals surface area contributed by atoms with Crippen LogP contribution in [0.1, 0.15) is 5.56 Å². The molecular formula is C17H22N4O. The molecule has 2 fully saturated rings. The van der Waals surface area contributed by atoms with Crippen LogP contribution >= 0.6 is 0 Å². The first-order valence-corrected chi connectivity index (χ1v) is 7.90. The fourth-order valence-electron chi connectivity index (χ4n) is 3.88. The maximum atomic E-state index is 12.0. The lowest BCUT2D eigenvalue weighted by atomic mass is 10.1.